The molecule has 0 bridgehead atoms. The van der Waals surface area contributed by atoms with E-state index in [-0.39, 0.29) is 11.5 Å². The van der Waals surface area contributed by atoms with Crippen molar-refractivity contribution >= 4 is 11.8 Å². The number of hydrogen-bond acceptors (Lipinski definition) is 2. The Bertz CT molecular complexity index is 854. The Kier molecular flexibility index (Phi) is 5.84. The minimum atomic E-state index is -1.09. The Balaban J connectivity index is 1.72. The summed E-state index contributed by atoms with van der Waals surface area (Å²) in [6.45, 7) is 3.12. The summed E-state index contributed by atoms with van der Waals surface area (Å²) < 4.78 is 26.4. The molecule has 1 N–H and O–H groups in total. The summed E-state index contributed by atoms with van der Waals surface area (Å²) in [7, 11) is 0. The first-order chi connectivity index (χ1) is 13.0. The van der Waals surface area contributed by atoms with E-state index in [0.29, 0.717) is 19.5 Å². The van der Waals surface area contributed by atoms with Crippen LogP contribution >= 0.6 is 0 Å². The largest absolute Gasteiger partial charge is 0.340 e. The van der Waals surface area contributed by atoms with E-state index in [1.807, 2.05) is 31.2 Å². The molecule has 1 atom stereocenters. The van der Waals surface area contributed by atoms with Gasteiger partial charge in [0.1, 0.15) is 6.04 Å². The van der Waals surface area contributed by atoms with Crippen molar-refractivity contribution in [2.75, 3.05) is 6.54 Å². The van der Waals surface area contributed by atoms with E-state index in [9.17, 15) is 18.4 Å². The fourth-order valence-electron chi connectivity index (χ4n) is 3.27. The van der Waals surface area contributed by atoms with Crippen LogP contribution in [0.3, 0.4) is 0 Å². The highest BCUT2D eigenvalue weighted by Crippen LogP contribution is 2.18. The molecule has 1 heterocycles. The number of nitrogens with one attached hydrogen (secondary N) is 1. The Morgan fingerprint density at radius 2 is 1.93 bits per heavy atom. The molecule has 6 heteroatoms. The summed E-state index contributed by atoms with van der Waals surface area (Å²) in [5.41, 5.74) is 2.17. The minimum Gasteiger partial charge on any atom is -0.340 e. The lowest BCUT2D eigenvalue weighted by atomic mass is 10.1. The molecule has 142 valence electrons. The zero-order chi connectivity index (χ0) is 19.4. The lowest BCUT2D eigenvalue weighted by Gasteiger charge is -2.25. The molecule has 2 aromatic carbocycles. The van der Waals surface area contributed by atoms with E-state index in [1.54, 1.807) is 4.90 Å². The predicted octanol–water partition coefficient (Wildman–Crippen LogP) is 3.58. The van der Waals surface area contributed by atoms with Gasteiger partial charge >= 0.3 is 0 Å². The number of amides is 2. The predicted molar refractivity (Wildman–Crippen MR) is 98.1 cm³/mol. The Morgan fingerprint density at radius 1 is 1.15 bits per heavy atom. The number of aryl methyl sites for hydroxylation is 1. The second kappa shape index (κ2) is 8.29. The molecule has 0 aromatic heterocycles. The fourth-order valence-corrected chi connectivity index (χ4v) is 3.27. The molecular weight excluding hydrogens is 350 g/mol. The quantitative estimate of drug-likeness (QED) is 0.892. The number of rotatable bonds is 4. The van der Waals surface area contributed by atoms with Crippen molar-refractivity contribution in [1.82, 2.24) is 10.2 Å². The van der Waals surface area contributed by atoms with Crippen LogP contribution in [0.2, 0.25) is 0 Å². The van der Waals surface area contributed by atoms with Crippen LogP contribution in [0.4, 0.5) is 8.78 Å². The number of hydrogen-bond donors (Lipinski definition) is 1. The van der Waals surface area contributed by atoms with Crippen molar-refractivity contribution in [2.45, 2.75) is 38.8 Å². The summed E-state index contributed by atoms with van der Waals surface area (Å²) in [5, 5.41) is 2.68. The molecule has 27 heavy (non-hydrogen) atoms. The highest BCUT2D eigenvalue weighted by Gasteiger charge is 2.29. The molecule has 1 aliphatic rings. The molecule has 1 fully saturated rings. The van der Waals surface area contributed by atoms with E-state index < -0.39 is 23.6 Å². The second-order valence-corrected chi connectivity index (χ2v) is 6.84. The summed E-state index contributed by atoms with van der Waals surface area (Å²) in [6, 6.07) is 10.2. The molecule has 1 saturated heterocycles. The standard InChI is InChI=1S/C21H22F2N2O2/c1-14-6-2-3-7-16(14)13-25-11-5-4-8-19(21(25)27)24-20(26)15-9-10-17(22)18(23)12-15/h2-3,6-7,9-10,12,19H,4-5,8,11,13H2,1H3,(H,24,26). The summed E-state index contributed by atoms with van der Waals surface area (Å²) in [5.74, 6) is -2.82. The van der Waals surface area contributed by atoms with Gasteiger partial charge in [0.2, 0.25) is 5.91 Å². The topological polar surface area (TPSA) is 49.4 Å². The maximum atomic E-state index is 13.4. The van der Waals surface area contributed by atoms with Crippen LogP contribution in [0.25, 0.3) is 0 Å². The second-order valence-electron chi connectivity index (χ2n) is 6.84. The third kappa shape index (κ3) is 4.51. The van der Waals surface area contributed by atoms with Crippen molar-refractivity contribution in [3.05, 3.63) is 70.8 Å². The molecule has 3 rings (SSSR count). The van der Waals surface area contributed by atoms with Crippen LogP contribution in [0.15, 0.2) is 42.5 Å². The fraction of sp³-hybridized carbons (Fsp3) is 0.333. The monoisotopic (exact) mass is 372 g/mol. The summed E-state index contributed by atoms with van der Waals surface area (Å²) in [4.78, 5) is 27.1. The maximum Gasteiger partial charge on any atom is 0.252 e. The van der Waals surface area contributed by atoms with Crippen LogP contribution in [-0.2, 0) is 11.3 Å². The van der Waals surface area contributed by atoms with Gasteiger partial charge in [-0.15, -0.1) is 0 Å². The van der Waals surface area contributed by atoms with Gasteiger partial charge in [0.05, 0.1) is 0 Å². The van der Waals surface area contributed by atoms with E-state index in [1.165, 1.54) is 6.07 Å². The molecular formula is C21H22F2N2O2. The molecule has 1 aliphatic heterocycles. The van der Waals surface area contributed by atoms with Crippen LogP contribution in [-0.4, -0.2) is 29.3 Å². The van der Waals surface area contributed by atoms with Crippen LogP contribution in [0, 0.1) is 18.6 Å². The highest BCUT2D eigenvalue weighted by molar-refractivity contribution is 5.97. The lowest BCUT2D eigenvalue weighted by molar-refractivity contribution is -0.133. The number of benzene rings is 2. The normalized spacial score (nSPS) is 17.5. The van der Waals surface area contributed by atoms with Gasteiger partial charge in [0.15, 0.2) is 11.6 Å². The molecule has 0 spiro atoms. The van der Waals surface area contributed by atoms with E-state index in [2.05, 4.69) is 5.32 Å². The Labute approximate surface area is 157 Å². The Morgan fingerprint density at radius 3 is 2.67 bits per heavy atom. The van der Waals surface area contributed by atoms with Crippen molar-refractivity contribution < 1.29 is 18.4 Å². The molecule has 0 saturated carbocycles. The molecule has 0 radical (unpaired) electrons. The van der Waals surface area contributed by atoms with Gasteiger partial charge < -0.3 is 10.2 Å². The number of nitrogens with zero attached hydrogens (tertiary/aromatic N) is 1. The van der Waals surface area contributed by atoms with Crippen molar-refractivity contribution in [3.8, 4) is 0 Å². The molecule has 1 unspecified atom stereocenters. The van der Waals surface area contributed by atoms with Crippen LogP contribution < -0.4 is 5.32 Å². The number of likely N-dealkylation sites (tertiary alicyclic amines) is 1. The van der Waals surface area contributed by atoms with Crippen molar-refractivity contribution in [1.29, 1.82) is 0 Å². The average Bonchev–Trinajstić information content (AvgIpc) is 2.82. The van der Waals surface area contributed by atoms with Gasteiger partial charge in [0, 0.05) is 18.7 Å². The minimum absolute atomic E-state index is 0.00333. The first-order valence-electron chi connectivity index (χ1n) is 9.05. The van der Waals surface area contributed by atoms with Crippen LogP contribution in [0.5, 0.6) is 0 Å². The van der Waals surface area contributed by atoms with Gasteiger partial charge in [-0.05, 0) is 55.5 Å². The molecule has 0 aliphatic carbocycles. The molecule has 2 amide bonds. The summed E-state index contributed by atoms with van der Waals surface area (Å²) >= 11 is 0. The molecule has 2 aromatic rings. The smallest absolute Gasteiger partial charge is 0.252 e. The SMILES string of the molecule is Cc1ccccc1CN1CCCCC(NC(=O)c2ccc(F)c(F)c2)C1=O. The third-order valence-electron chi connectivity index (χ3n) is 4.89. The van der Waals surface area contributed by atoms with E-state index in [4.69, 9.17) is 0 Å². The first-order valence-corrected chi connectivity index (χ1v) is 9.05. The summed E-state index contributed by atoms with van der Waals surface area (Å²) in [6.07, 6.45) is 2.19. The number of halogens is 2. The van der Waals surface area contributed by atoms with Crippen LogP contribution in [0.1, 0.15) is 40.7 Å². The van der Waals surface area contributed by atoms with Gasteiger partial charge in [-0.3, -0.25) is 9.59 Å². The van der Waals surface area contributed by atoms with E-state index >= 15 is 0 Å². The lowest BCUT2D eigenvalue weighted by Crippen LogP contribution is -2.47. The van der Waals surface area contributed by atoms with Crippen molar-refractivity contribution in [2.24, 2.45) is 0 Å². The highest BCUT2D eigenvalue weighted by atomic mass is 19.2. The average molecular weight is 372 g/mol. The Hall–Kier alpha value is -2.76. The maximum absolute atomic E-state index is 13.4. The van der Waals surface area contributed by atoms with Crippen molar-refractivity contribution in [3.63, 3.8) is 0 Å². The van der Waals surface area contributed by atoms with Gasteiger partial charge in [0.25, 0.3) is 5.91 Å². The van der Waals surface area contributed by atoms with Gasteiger partial charge in [-0.2, -0.15) is 0 Å². The first kappa shape index (κ1) is 19.0. The zero-order valence-corrected chi connectivity index (χ0v) is 15.2. The van der Waals surface area contributed by atoms with Gasteiger partial charge in [-0.1, -0.05) is 24.3 Å². The third-order valence-corrected chi connectivity index (χ3v) is 4.89. The van der Waals surface area contributed by atoms with Gasteiger partial charge in [-0.25, -0.2) is 8.78 Å². The number of carbonyl (C=O) groups is 2. The van der Waals surface area contributed by atoms with E-state index in [0.717, 1.165) is 36.1 Å². The zero-order valence-electron chi connectivity index (χ0n) is 15.2. The molecule has 4 nitrogen and oxygen atoms in total. The number of carbonyl (C=O) groups excluding carboxylic acids is 2.